The van der Waals surface area contributed by atoms with E-state index < -0.39 is 0 Å². The van der Waals surface area contributed by atoms with Crippen LogP contribution in [0.4, 0.5) is 0 Å². The second-order valence-electron chi connectivity index (χ2n) is 5.58. The van der Waals surface area contributed by atoms with Crippen molar-refractivity contribution in [3.05, 3.63) is 34.3 Å². The lowest BCUT2D eigenvalue weighted by atomic mass is 10.1. The van der Waals surface area contributed by atoms with Gasteiger partial charge in [0.1, 0.15) is 0 Å². The van der Waals surface area contributed by atoms with E-state index in [0.717, 1.165) is 4.47 Å². The minimum atomic E-state index is -0.246. The van der Waals surface area contributed by atoms with E-state index in [1.165, 1.54) is 0 Å². The highest BCUT2D eigenvalue weighted by molar-refractivity contribution is 9.10. The molecule has 2 amide bonds. The Kier molecular flexibility index (Phi) is 5.74. The second kappa shape index (κ2) is 6.88. The third kappa shape index (κ3) is 4.63. The number of rotatable bonds is 4. The van der Waals surface area contributed by atoms with E-state index in [1.54, 1.807) is 17.9 Å². The first kappa shape index (κ1) is 16.7. The summed E-state index contributed by atoms with van der Waals surface area (Å²) in [5.41, 5.74) is 0.349. The molecule has 0 saturated heterocycles. The number of halogens is 1. The van der Waals surface area contributed by atoms with Crippen LogP contribution in [-0.4, -0.2) is 35.3 Å². The van der Waals surface area contributed by atoms with Crippen molar-refractivity contribution < 1.29 is 9.59 Å². The minimum absolute atomic E-state index is 0.00707. The van der Waals surface area contributed by atoms with Crippen molar-refractivity contribution in [2.45, 2.75) is 33.2 Å². The quantitative estimate of drug-likeness (QED) is 0.916. The summed E-state index contributed by atoms with van der Waals surface area (Å²) >= 11 is 3.35. The number of carbonyl (C=O) groups excluding carboxylic acids is 2. The molecular formula is C15H21BrN2O2. The third-order valence-corrected chi connectivity index (χ3v) is 3.62. The molecule has 4 nitrogen and oxygen atoms in total. The Morgan fingerprint density at radius 1 is 1.25 bits per heavy atom. The summed E-state index contributed by atoms with van der Waals surface area (Å²) in [6.07, 6.45) is 0. The number of benzene rings is 1. The first-order chi connectivity index (χ1) is 9.23. The van der Waals surface area contributed by atoms with Crippen LogP contribution in [0.1, 0.15) is 38.1 Å². The molecule has 0 aliphatic heterocycles. The maximum absolute atomic E-state index is 12.0. The van der Waals surface area contributed by atoms with Crippen LogP contribution in [0, 0.1) is 0 Å². The van der Waals surface area contributed by atoms with E-state index in [0.29, 0.717) is 18.7 Å². The molecular weight excluding hydrogens is 320 g/mol. The molecule has 0 atom stereocenters. The number of nitrogens with one attached hydrogen (secondary N) is 1. The number of nitrogens with zero attached hydrogens (tertiary/aromatic N) is 1. The fraction of sp³-hybridized carbons (Fsp3) is 0.467. The Labute approximate surface area is 128 Å². The highest BCUT2D eigenvalue weighted by Gasteiger charge is 2.23. The van der Waals surface area contributed by atoms with Gasteiger partial charge in [0, 0.05) is 30.0 Å². The van der Waals surface area contributed by atoms with Gasteiger partial charge in [-0.15, -0.1) is 0 Å². The second-order valence-corrected chi connectivity index (χ2v) is 6.43. The smallest absolute Gasteiger partial charge is 0.252 e. The van der Waals surface area contributed by atoms with Gasteiger partial charge in [-0.25, -0.2) is 0 Å². The first-order valence-corrected chi connectivity index (χ1v) is 7.33. The zero-order valence-corrected chi connectivity index (χ0v) is 14.0. The SMILES string of the molecule is CC(=O)N(CCNC(=O)c1ccccc1Br)C(C)(C)C. The summed E-state index contributed by atoms with van der Waals surface area (Å²) in [5.74, 6) is -0.137. The van der Waals surface area contributed by atoms with Crippen molar-refractivity contribution >= 4 is 27.7 Å². The van der Waals surface area contributed by atoms with Crippen LogP contribution in [0.2, 0.25) is 0 Å². The normalized spacial score (nSPS) is 11.1. The Morgan fingerprint density at radius 2 is 1.85 bits per heavy atom. The van der Waals surface area contributed by atoms with Gasteiger partial charge in [-0.1, -0.05) is 12.1 Å². The lowest BCUT2D eigenvalue weighted by Gasteiger charge is -2.35. The lowest BCUT2D eigenvalue weighted by molar-refractivity contribution is -0.133. The van der Waals surface area contributed by atoms with Crippen LogP contribution < -0.4 is 5.32 Å². The molecule has 0 aliphatic carbocycles. The highest BCUT2D eigenvalue weighted by Crippen LogP contribution is 2.16. The molecule has 0 saturated carbocycles. The summed E-state index contributed by atoms with van der Waals surface area (Å²) < 4.78 is 0.761. The van der Waals surface area contributed by atoms with E-state index in [9.17, 15) is 9.59 Å². The standard InChI is InChI=1S/C15H21BrN2O2/c1-11(19)18(15(2,3)4)10-9-17-14(20)12-7-5-6-8-13(12)16/h5-8H,9-10H2,1-4H3,(H,17,20). The van der Waals surface area contributed by atoms with Crippen molar-refractivity contribution in [3.8, 4) is 0 Å². The maximum atomic E-state index is 12.0. The van der Waals surface area contributed by atoms with E-state index in [1.807, 2.05) is 39.0 Å². The molecule has 1 N–H and O–H groups in total. The van der Waals surface area contributed by atoms with Crippen molar-refractivity contribution in [2.24, 2.45) is 0 Å². The van der Waals surface area contributed by atoms with Gasteiger partial charge in [0.15, 0.2) is 0 Å². The molecule has 0 radical (unpaired) electrons. The Balaban J connectivity index is 2.58. The molecule has 0 unspecified atom stereocenters. The number of amides is 2. The minimum Gasteiger partial charge on any atom is -0.350 e. The van der Waals surface area contributed by atoms with Gasteiger partial charge in [0.2, 0.25) is 5.91 Å². The van der Waals surface area contributed by atoms with E-state index in [2.05, 4.69) is 21.2 Å². The summed E-state index contributed by atoms with van der Waals surface area (Å²) in [4.78, 5) is 25.4. The predicted molar refractivity (Wildman–Crippen MR) is 83.6 cm³/mol. The third-order valence-electron chi connectivity index (χ3n) is 2.93. The highest BCUT2D eigenvalue weighted by atomic mass is 79.9. The molecule has 0 fully saturated rings. The first-order valence-electron chi connectivity index (χ1n) is 6.54. The molecule has 1 aromatic carbocycles. The molecule has 0 aromatic heterocycles. The van der Waals surface area contributed by atoms with Crippen LogP contribution >= 0.6 is 15.9 Å². The Hall–Kier alpha value is -1.36. The van der Waals surface area contributed by atoms with Gasteiger partial charge >= 0.3 is 0 Å². The molecule has 1 aromatic rings. The van der Waals surface area contributed by atoms with E-state index in [-0.39, 0.29) is 17.4 Å². The number of carbonyl (C=O) groups is 2. The lowest BCUT2D eigenvalue weighted by Crippen LogP contribution is -2.48. The maximum Gasteiger partial charge on any atom is 0.252 e. The molecule has 0 spiro atoms. The van der Waals surface area contributed by atoms with Gasteiger partial charge in [0.25, 0.3) is 5.91 Å². The molecule has 0 aliphatic rings. The molecule has 110 valence electrons. The summed E-state index contributed by atoms with van der Waals surface area (Å²) in [5, 5.41) is 2.83. The van der Waals surface area contributed by atoms with Crippen LogP contribution in [0.3, 0.4) is 0 Å². The Morgan fingerprint density at radius 3 is 2.35 bits per heavy atom. The molecule has 20 heavy (non-hydrogen) atoms. The topological polar surface area (TPSA) is 49.4 Å². The fourth-order valence-electron chi connectivity index (χ4n) is 1.99. The largest absolute Gasteiger partial charge is 0.350 e. The average molecular weight is 341 g/mol. The van der Waals surface area contributed by atoms with E-state index in [4.69, 9.17) is 0 Å². The molecule has 0 bridgehead atoms. The van der Waals surface area contributed by atoms with Gasteiger partial charge < -0.3 is 10.2 Å². The van der Waals surface area contributed by atoms with Crippen LogP contribution in [-0.2, 0) is 4.79 Å². The van der Waals surface area contributed by atoms with Crippen molar-refractivity contribution in [1.29, 1.82) is 0 Å². The average Bonchev–Trinajstić information content (AvgIpc) is 2.32. The van der Waals surface area contributed by atoms with Crippen LogP contribution in [0.15, 0.2) is 28.7 Å². The zero-order valence-electron chi connectivity index (χ0n) is 12.4. The van der Waals surface area contributed by atoms with Gasteiger partial charge in [-0.3, -0.25) is 9.59 Å². The monoisotopic (exact) mass is 340 g/mol. The van der Waals surface area contributed by atoms with Gasteiger partial charge in [-0.05, 0) is 48.8 Å². The molecule has 0 heterocycles. The van der Waals surface area contributed by atoms with Crippen molar-refractivity contribution in [3.63, 3.8) is 0 Å². The fourth-order valence-corrected chi connectivity index (χ4v) is 2.45. The van der Waals surface area contributed by atoms with Crippen molar-refractivity contribution in [2.75, 3.05) is 13.1 Å². The van der Waals surface area contributed by atoms with Gasteiger partial charge in [0.05, 0.1) is 5.56 Å². The predicted octanol–water partition coefficient (Wildman–Crippen LogP) is 2.83. The summed E-state index contributed by atoms with van der Waals surface area (Å²) in [6.45, 7) is 8.39. The van der Waals surface area contributed by atoms with Crippen LogP contribution in [0.5, 0.6) is 0 Å². The van der Waals surface area contributed by atoms with E-state index >= 15 is 0 Å². The summed E-state index contributed by atoms with van der Waals surface area (Å²) in [6, 6.07) is 7.26. The Bertz CT molecular complexity index is 495. The molecule has 5 heteroatoms. The number of hydrogen-bond acceptors (Lipinski definition) is 2. The van der Waals surface area contributed by atoms with Crippen molar-refractivity contribution in [1.82, 2.24) is 10.2 Å². The summed E-state index contributed by atoms with van der Waals surface area (Å²) in [7, 11) is 0. The zero-order chi connectivity index (χ0) is 15.3. The number of hydrogen-bond donors (Lipinski definition) is 1. The molecule has 1 rings (SSSR count). The van der Waals surface area contributed by atoms with Gasteiger partial charge in [-0.2, -0.15) is 0 Å². The van der Waals surface area contributed by atoms with Crippen LogP contribution in [0.25, 0.3) is 0 Å².